The van der Waals surface area contributed by atoms with Crippen molar-refractivity contribution in [2.45, 2.75) is 25.4 Å². The Morgan fingerprint density at radius 1 is 1.14 bits per heavy atom. The number of benzene rings is 2. The van der Waals surface area contributed by atoms with Gasteiger partial charge in [0.2, 0.25) is 0 Å². The second-order valence-electron chi connectivity index (χ2n) is 5.40. The third kappa shape index (κ3) is 3.54. The van der Waals surface area contributed by atoms with Gasteiger partial charge in [-0.05, 0) is 42.7 Å². The number of nitrogens with two attached hydrogens (primary N) is 1. The van der Waals surface area contributed by atoms with Crippen molar-refractivity contribution >= 4 is 17.4 Å². The lowest BCUT2D eigenvalue weighted by Crippen LogP contribution is -2.36. The van der Waals surface area contributed by atoms with Crippen LogP contribution in [0.4, 0.5) is 16.2 Å². The van der Waals surface area contributed by atoms with E-state index in [4.69, 9.17) is 5.73 Å². The number of nitrogen functional groups attached to an aromatic ring is 1. The minimum Gasteiger partial charge on any atom is -0.399 e. The molecular formula is C17H19N3O. The zero-order chi connectivity index (χ0) is 14.7. The topological polar surface area (TPSA) is 58.4 Å². The van der Waals surface area contributed by atoms with Gasteiger partial charge in [-0.25, -0.2) is 4.79 Å². The molecule has 0 unspecified atom stereocenters. The van der Waals surface area contributed by atoms with Crippen LogP contribution in [0.15, 0.2) is 54.6 Å². The van der Waals surface area contributed by atoms with Gasteiger partial charge in [-0.2, -0.15) is 0 Å². The zero-order valence-corrected chi connectivity index (χ0v) is 11.8. The Bertz CT molecular complexity index is 623. The van der Waals surface area contributed by atoms with Gasteiger partial charge in [0.1, 0.15) is 0 Å². The van der Waals surface area contributed by atoms with E-state index in [1.807, 2.05) is 59.5 Å². The highest BCUT2D eigenvalue weighted by Crippen LogP contribution is 2.29. The van der Waals surface area contributed by atoms with Crippen LogP contribution < -0.4 is 11.1 Å². The molecule has 0 aromatic heterocycles. The Hall–Kier alpha value is -2.49. The molecule has 0 bridgehead atoms. The number of hydrogen-bond donors (Lipinski definition) is 2. The molecule has 1 fully saturated rings. The lowest BCUT2D eigenvalue weighted by Gasteiger charge is -2.23. The summed E-state index contributed by atoms with van der Waals surface area (Å²) in [5, 5.41) is 2.95. The maximum absolute atomic E-state index is 12.5. The van der Waals surface area contributed by atoms with Crippen LogP contribution in [-0.4, -0.2) is 17.0 Å². The van der Waals surface area contributed by atoms with Crippen molar-refractivity contribution in [2.75, 3.05) is 11.1 Å². The summed E-state index contributed by atoms with van der Waals surface area (Å²) in [6.45, 7) is 0.592. The maximum atomic E-state index is 12.5. The Kier molecular flexibility index (Phi) is 3.77. The predicted octanol–water partition coefficient (Wildman–Crippen LogP) is 3.47. The fourth-order valence-corrected chi connectivity index (χ4v) is 2.36. The van der Waals surface area contributed by atoms with Gasteiger partial charge in [0.05, 0.1) is 0 Å². The molecule has 0 radical (unpaired) electrons. The molecule has 108 valence electrons. The van der Waals surface area contributed by atoms with Crippen LogP contribution in [0.3, 0.4) is 0 Å². The second kappa shape index (κ2) is 5.87. The normalized spacial score (nSPS) is 13.7. The first-order valence-corrected chi connectivity index (χ1v) is 7.19. The average Bonchev–Trinajstić information content (AvgIpc) is 3.30. The molecule has 2 aromatic carbocycles. The molecule has 4 nitrogen and oxygen atoms in total. The standard InChI is InChI=1S/C17H19N3O/c18-14-6-4-5-13(11-14)12-20(16-9-10-16)17(21)19-15-7-2-1-3-8-15/h1-8,11,16H,9-10,12,18H2,(H,19,21). The molecule has 1 saturated carbocycles. The fraction of sp³-hybridized carbons (Fsp3) is 0.235. The molecule has 1 aliphatic carbocycles. The van der Waals surface area contributed by atoms with Gasteiger partial charge in [-0.15, -0.1) is 0 Å². The van der Waals surface area contributed by atoms with Crippen LogP contribution in [0.25, 0.3) is 0 Å². The number of rotatable bonds is 4. The average molecular weight is 281 g/mol. The SMILES string of the molecule is Nc1cccc(CN(C(=O)Nc2ccccc2)C2CC2)c1. The highest BCUT2D eigenvalue weighted by Gasteiger charge is 2.32. The molecule has 0 saturated heterocycles. The Morgan fingerprint density at radius 3 is 2.57 bits per heavy atom. The van der Waals surface area contributed by atoms with Crippen molar-refractivity contribution in [3.05, 3.63) is 60.2 Å². The third-order valence-corrected chi connectivity index (χ3v) is 3.58. The Labute approximate surface area is 124 Å². The first kappa shape index (κ1) is 13.5. The molecule has 0 spiro atoms. The molecule has 2 amide bonds. The highest BCUT2D eigenvalue weighted by atomic mass is 16.2. The number of amides is 2. The number of carbonyl (C=O) groups excluding carboxylic acids is 1. The monoisotopic (exact) mass is 281 g/mol. The van der Waals surface area contributed by atoms with Gasteiger partial charge < -0.3 is 16.0 Å². The molecular weight excluding hydrogens is 262 g/mol. The minimum atomic E-state index is -0.0499. The van der Waals surface area contributed by atoms with E-state index in [1.54, 1.807) is 0 Å². The van der Waals surface area contributed by atoms with Gasteiger partial charge in [0, 0.05) is 24.0 Å². The van der Waals surface area contributed by atoms with Crippen LogP contribution in [0, 0.1) is 0 Å². The summed E-state index contributed by atoms with van der Waals surface area (Å²) in [5.41, 5.74) is 8.42. The first-order valence-electron chi connectivity index (χ1n) is 7.19. The zero-order valence-electron chi connectivity index (χ0n) is 11.8. The van der Waals surface area contributed by atoms with Crippen molar-refractivity contribution in [3.8, 4) is 0 Å². The van der Waals surface area contributed by atoms with Gasteiger partial charge >= 0.3 is 6.03 Å². The number of nitrogens with one attached hydrogen (secondary N) is 1. The van der Waals surface area contributed by atoms with E-state index in [0.717, 1.165) is 29.8 Å². The molecule has 0 aliphatic heterocycles. The van der Waals surface area contributed by atoms with E-state index >= 15 is 0 Å². The molecule has 3 N–H and O–H groups in total. The summed E-state index contributed by atoms with van der Waals surface area (Å²) in [7, 11) is 0. The van der Waals surface area contributed by atoms with Crippen molar-refractivity contribution < 1.29 is 4.79 Å². The second-order valence-corrected chi connectivity index (χ2v) is 5.40. The van der Waals surface area contributed by atoms with Crippen LogP contribution in [-0.2, 0) is 6.54 Å². The van der Waals surface area contributed by atoms with Crippen molar-refractivity contribution in [1.29, 1.82) is 0 Å². The fourth-order valence-electron chi connectivity index (χ4n) is 2.36. The van der Waals surface area contributed by atoms with E-state index < -0.39 is 0 Å². The van der Waals surface area contributed by atoms with Crippen molar-refractivity contribution in [2.24, 2.45) is 0 Å². The van der Waals surface area contributed by atoms with Gasteiger partial charge in [-0.3, -0.25) is 0 Å². The molecule has 0 atom stereocenters. The van der Waals surface area contributed by atoms with Crippen LogP contribution in [0.1, 0.15) is 18.4 Å². The lowest BCUT2D eigenvalue weighted by molar-refractivity contribution is 0.206. The predicted molar refractivity (Wildman–Crippen MR) is 84.9 cm³/mol. The molecule has 1 aliphatic rings. The van der Waals surface area contributed by atoms with E-state index in [0.29, 0.717) is 12.6 Å². The largest absolute Gasteiger partial charge is 0.399 e. The minimum absolute atomic E-state index is 0.0499. The maximum Gasteiger partial charge on any atom is 0.322 e. The van der Waals surface area contributed by atoms with Gasteiger partial charge in [0.25, 0.3) is 0 Å². The summed E-state index contributed by atoms with van der Waals surface area (Å²) in [6.07, 6.45) is 2.15. The molecule has 2 aromatic rings. The Balaban J connectivity index is 1.71. The molecule has 0 heterocycles. The number of nitrogens with zero attached hydrogens (tertiary/aromatic N) is 1. The number of anilines is 2. The molecule has 21 heavy (non-hydrogen) atoms. The smallest absolute Gasteiger partial charge is 0.322 e. The van der Waals surface area contributed by atoms with Crippen LogP contribution >= 0.6 is 0 Å². The van der Waals surface area contributed by atoms with Crippen LogP contribution in [0.2, 0.25) is 0 Å². The van der Waals surface area contributed by atoms with E-state index in [2.05, 4.69) is 5.32 Å². The number of urea groups is 1. The summed E-state index contributed by atoms with van der Waals surface area (Å²) < 4.78 is 0. The number of hydrogen-bond acceptors (Lipinski definition) is 2. The molecule has 3 rings (SSSR count). The third-order valence-electron chi connectivity index (χ3n) is 3.58. The number of para-hydroxylation sites is 1. The van der Waals surface area contributed by atoms with E-state index in [1.165, 1.54) is 0 Å². The summed E-state index contributed by atoms with van der Waals surface area (Å²) >= 11 is 0. The van der Waals surface area contributed by atoms with E-state index in [9.17, 15) is 4.79 Å². The quantitative estimate of drug-likeness (QED) is 0.843. The summed E-state index contributed by atoms with van der Waals surface area (Å²) in [4.78, 5) is 14.4. The first-order chi connectivity index (χ1) is 10.2. The number of carbonyl (C=O) groups is 1. The lowest BCUT2D eigenvalue weighted by atomic mass is 10.2. The van der Waals surface area contributed by atoms with Crippen molar-refractivity contribution in [3.63, 3.8) is 0 Å². The van der Waals surface area contributed by atoms with Gasteiger partial charge in [0.15, 0.2) is 0 Å². The summed E-state index contributed by atoms with van der Waals surface area (Å²) in [5.74, 6) is 0. The van der Waals surface area contributed by atoms with Crippen LogP contribution in [0.5, 0.6) is 0 Å². The van der Waals surface area contributed by atoms with Crippen molar-refractivity contribution in [1.82, 2.24) is 4.90 Å². The molecule has 4 heteroatoms. The Morgan fingerprint density at radius 2 is 1.90 bits per heavy atom. The summed E-state index contributed by atoms with van der Waals surface area (Å²) in [6, 6.07) is 17.5. The highest BCUT2D eigenvalue weighted by molar-refractivity contribution is 5.89. The van der Waals surface area contributed by atoms with E-state index in [-0.39, 0.29) is 6.03 Å². The van der Waals surface area contributed by atoms with Gasteiger partial charge in [-0.1, -0.05) is 30.3 Å².